The lowest BCUT2D eigenvalue weighted by atomic mass is 10.2. The highest BCUT2D eigenvalue weighted by Gasteiger charge is 2.09. The molecule has 0 bridgehead atoms. The molecule has 2 rings (SSSR count). The highest BCUT2D eigenvalue weighted by Crippen LogP contribution is 2.16. The number of carbonyl (C=O) groups excluding carboxylic acids is 1. The molecular formula is C13H12FN3O. The second-order valence-corrected chi connectivity index (χ2v) is 3.91. The SMILES string of the molecule is Cc1ccc(NC(=O)c2ccnc(N)c2)c(F)c1. The van der Waals surface area contributed by atoms with E-state index >= 15 is 0 Å². The monoisotopic (exact) mass is 245 g/mol. The predicted octanol–water partition coefficient (Wildman–Crippen LogP) is 2.36. The maximum absolute atomic E-state index is 13.6. The lowest BCUT2D eigenvalue weighted by molar-refractivity contribution is 0.102. The number of pyridine rings is 1. The fourth-order valence-electron chi connectivity index (χ4n) is 1.51. The second kappa shape index (κ2) is 4.83. The zero-order valence-electron chi connectivity index (χ0n) is 9.77. The Hall–Kier alpha value is -2.43. The molecule has 18 heavy (non-hydrogen) atoms. The van der Waals surface area contributed by atoms with Crippen LogP contribution < -0.4 is 11.1 Å². The number of benzene rings is 1. The summed E-state index contributed by atoms with van der Waals surface area (Å²) < 4.78 is 13.6. The topological polar surface area (TPSA) is 68.0 Å². The van der Waals surface area contributed by atoms with Gasteiger partial charge in [0.1, 0.15) is 11.6 Å². The van der Waals surface area contributed by atoms with Gasteiger partial charge in [0.25, 0.3) is 5.91 Å². The van der Waals surface area contributed by atoms with Gasteiger partial charge < -0.3 is 11.1 Å². The van der Waals surface area contributed by atoms with E-state index in [0.717, 1.165) is 5.56 Å². The number of nitrogens with one attached hydrogen (secondary N) is 1. The summed E-state index contributed by atoms with van der Waals surface area (Å²) in [7, 11) is 0. The minimum absolute atomic E-state index is 0.140. The van der Waals surface area contributed by atoms with Gasteiger partial charge in [-0.2, -0.15) is 0 Å². The summed E-state index contributed by atoms with van der Waals surface area (Å²) in [6.45, 7) is 1.78. The third-order valence-corrected chi connectivity index (χ3v) is 2.42. The maximum Gasteiger partial charge on any atom is 0.255 e. The van der Waals surface area contributed by atoms with E-state index in [1.54, 1.807) is 13.0 Å². The van der Waals surface area contributed by atoms with Gasteiger partial charge in [-0.3, -0.25) is 4.79 Å². The number of nitrogens with two attached hydrogens (primary N) is 1. The Kier molecular flexibility index (Phi) is 3.23. The summed E-state index contributed by atoms with van der Waals surface area (Å²) in [4.78, 5) is 15.6. The molecule has 3 N–H and O–H groups in total. The van der Waals surface area contributed by atoms with Crippen LogP contribution in [0.3, 0.4) is 0 Å². The fourth-order valence-corrected chi connectivity index (χ4v) is 1.51. The van der Waals surface area contributed by atoms with Crippen LogP contribution in [0.5, 0.6) is 0 Å². The number of amides is 1. The number of hydrogen-bond acceptors (Lipinski definition) is 3. The molecule has 0 saturated carbocycles. The normalized spacial score (nSPS) is 10.1. The van der Waals surface area contributed by atoms with Crippen LogP contribution in [0, 0.1) is 12.7 Å². The summed E-state index contributed by atoms with van der Waals surface area (Å²) in [5.74, 6) is -0.649. The molecule has 0 atom stereocenters. The smallest absolute Gasteiger partial charge is 0.255 e. The number of halogens is 1. The Morgan fingerprint density at radius 2 is 2.11 bits per heavy atom. The van der Waals surface area contributed by atoms with Crippen LogP contribution >= 0.6 is 0 Å². The fraction of sp³-hybridized carbons (Fsp3) is 0.0769. The molecular weight excluding hydrogens is 233 g/mol. The summed E-state index contributed by atoms with van der Waals surface area (Å²) in [6, 6.07) is 7.54. The van der Waals surface area contributed by atoms with Gasteiger partial charge in [0.2, 0.25) is 0 Å². The summed E-state index contributed by atoms with van der Waals surface area (Å²) in [5.41, 5.74) is 6.74. The lowest BCUT2D eigenvalue weighted by Crippen LogP contribution is -2.13. The van der Waals surface area contributed by atoms with Crippen molar-refractivity contribution in [2.45, 2.75) is 6.92 Å². The van der Waals surface area contributed by atoms with Gasteiger partial charge in [0.05, 0.1) is 5.69 Å². The first kappa shape index (κ1) is 12.0. The number of hydrogen-bond donors (Lipinski definition) is 2. The summed E-state index contributed by atoms with van der Waals surface area (Å²) >= 11 is 0. The largest absolute Gasteiger partial charge is 0.384 e. The van der Waals surface area contributed by atoms with Gasteiger partial charge >= 0.3 is 0 Å². The van der Waals surface area contributed by atoms with Crippen molar-refractivity contribution in [1.29, 1.82) is 0 Å². The first-order valence-corrected chi connectivity index (χ1v) is 5.35. The predicted molar refractivity (Wildman–Crippen MR) is 67.7 cm³/mol. The van der Waals surface area contributed by atoms with Crippen LogP contribution in [0.2, 0.25) is 0 Å². The molecule has 0 spiro atoms. The Bertz CT molecular complexity index is 599. The first-order valence-electron chi connectivity index (χ1n) is 5.35. The highest BCUT2D eigenvalue weighted by atomic mass is 19.1. The molecule has 0 aliphatic rings. The molecule has 1 aromatic carbocycles. The number of carbonyl (C=O) groups is 1. The minimum atomic E-state index is -0.467. The summed E-state index contributed by atoms with van der Waals surface area (Å²) in [6.07, 6.45) is 1.43. The van der Waals surface area contributed by atoms with Crippen LogP contribution in [-0.2, 0) is 0 Å². The van der Waals surface area contributed by atoms with Crippen molar-refractivity contribution < 1.29 is 9.18 Å². The number of aryl methyl sites for hydroxylation is 1. The molecule has 0 aliphatic carbocycles. The van der Waals surface area contributed by atoms with Gasteiger partial charge in [0, 0.05) is 11.8 Å². The van der Waals surface area contributed by atoms with E-state index < -0.39 is 11.7 Å². The van der Waals surface area contributed by atoms with Gasteiger partial charge in [0.15, 0.2) is 0 Å². The zero-order valence-corrected chi connectivity index (χ0v) is 9.77. The van der Waals surface area contributed by atoms with Crippen LogP contribution in [0.25, 0.3) is 0 Å². The molecule has 1 amide bonds. The number of rotatable bonds is 2. The van der Waals surface area contributed by atoms with Gasteiger partial charge in [-0.05, 0) is 36.8 Å². The number of anilines is 2. The van der Waals surface area contributed by atoms with Crippen molar-refractivity contribution in [3.05, 3.63) is 53.5 Å². The Morgan fingerprint density at radius 1 is 1.33 bits per heavy atom. The van der Waals surface area contributed by atoms with Gasteiger partial charge in [-0.25, -0.2) is 9.37 Å². The molecule has 4 nitrogen and oxygen atoms in total. The molecule has 0 unspecified atom stereocenters. The third kappa shape index (κ3) is 2.63. The van der Waals surface area contributed by atoms with Crippen molar-refractivity contribution in [3.8, 4) is 0 Å². The molecule has 0 fully saturated rings. The third-order valence-electron chi connectivity index (χ3n) is 2.42. The Morgan fingerprint density at radius 3 is 2.78 bits per heavy atom. The van der Waals surface area contributed by atoms with Crippen LogP contribution in [0.1, 0.15) is 15.9 Å². The Labute approximate surface area is 104 Å². The minimum Gasteiger partial charge on any atom is -0.384 e. The Balaban J connectivity index is 2.21. The van der Waals surface area contributed by atoms with Crippen LogP contribution in [-0.4, -0.2) is 10.9 Å². The second-order valence-electron chi connectivity index (χ2n) is 3.91. The van der Waals surface area contributed by atoms with Gasteiger partial charge in [-0.15, -0.1) is 0 Å². The molecule has 1 aromatic heterocycles. The van der Waals surface area contributed by atoms with E-state index in [2.05, 4.69) is 10.3 Å². The molecule has 2 aromatic rings. The van der Waals surface area contributed by atoms with Crippen molar-refractivity contribution in [3.63, 3.8) is 0 Å². The van der Waals surface area contributed by atoms with Gasteiger partial charge in [-0.1, -0.05) is 6.07 Å². The molecule has 0 aliphatic heterocycles. The number of nitrogens with zero attached hydrogens (tertiary/aromatic N) is 1. The van der Waals surface area contributed by atoms with E-state index in [-0.39, 0.29) is 11.5 Å². The van der Waals surface area contributed by atoms with Crippen molar-refractivity contribution in [2.24, 2.45) is 0 Å². The average Bonchev–Trinajstić information content (AvgIpc) is 2.32. The quantitative estimate of drug-likeness (QED) is 0.853. The number of aromatic nitrogens is 1. The van der Waals surface area contributed by atoms with E-state index in [0.29, 0.717) is 5.56 Å². The van der Waals surface area contributed by atoms with Crippen molar-refractivity contribution in [2.75, 3.05) is 11.1 Å². The zero-order chi connectivity index (χ0) is 13.1. The van der Waals surface area contributed by atoms with Crippen LogP contribution in [0.15, 0.2) is 36.5 Å². The first-order chi connectivity index (χ1) is 8.56. The maximum atomic E-state index is 13.6. The molecule has 0 saturated heterocycles. The molecule has 0 radical (unpaired) electrons. The molecule has 92 valence electrons. The van der Waals surface area contributed by atoms with E-state index in [1.165, 1.54) is 30.5 Å². The average molecular weight is 245 g/mol. The highest BCUT2D eigenvalue weighted by molar-refractivity contribution is 6.04. The molecule has 1 heterocycles. The lowest BCUT2D eigenvalue weighted by Gasteiger charge is -2.07. The molecule has 5 heteroatoms. The standard InChI is InChI=1S/C13H12FN3O/c1-8-2-3-11(10(14)6-8)17-13(18)9-4-5-16-12(15)7-9/h2-7H,1H3,(H2,15,16)(H,17,18). The number of nitrogen functional groups attached to an aromatic ring is 1. The van der Waals surface area contributed by atoms with Crippen molar-refractivity contribution >= 4 is 17.4 Å². The summed E-state index contributed by atoms with van der Waals surface area (Å²) in [5, 5.41) is 2.48. The van der Waals surface area contributed by atoms with E-state index in [4.69, 9.17) is 5.73 Å². The van der Waals surface area contributed by atoms with Crippen LogP contribution in [0.4, 0.5) is 15.9 Å². The van der Waals surface area contributed by atoms with E-state index in [1.807, 2.05) is 0 Å². The van der Waals surface area contributed by atoms with Crippen molar-refractivity contribution in [1.82, 2.24) is 4.98 Å². The van der Waals surface area contributed by atoms with E-state index in [9.17, 15) is 9.18 Å².